The molecule has 1 atom stereocenters. The molecule has 0 saturated carbocycles. The summed E-state index contributed by atoms with van der Waals surface area (Å²) >= 11 is 7.46. The van der Waals surface area contributed by atoms with Crippen molar-refractivity contribution in [1.29, 1.82) is 0 Å². The van der Waals surface area contributed by atoms with Gasteiger partial charge >= 0.3 is 0 Å². The van der Waals surface area contributed by atoms with Crippen molar-refractivity contribution < 1.29 is 0 Å². The van der Waals surface area contributed by atoms with E-state index in [0.717, 1.165) is 9.21 Å². The van der Waals surface area contributed by atoms with E-state index < -0.39 is 0 Å². The van der Waals surface area contributed by atoms with Crippen LogP contribution in [0.15, 0.2) is 18.2 Å². The van der Waals surface area contributed by atoms with Crippen molar-refractivity contribution in [3.63, 3.8) is 0 Å². The highest BCUT2D eigenvalue weighted by Crippen LogP contribution is 2.28. The number of hydrogen-bond donors (Lipinski definition) is 3. The van der Waals surface area contributed by atoms with Crippen molar-refractivity contribution in [2.45, 2.75) is 13.0 Å². The lowest BCUT2D eigenvalue weighted by Gasteiger charge is -2.13. The van der Waals surface area contributed by atoms with E-state index in [9.17, 15) is 0 Å². The van der Waals surface area contributed by atoms with Gasteiger partial charge in [-0.3, -0.25) is 0 Å². The van der Waals surface area contributed by atoms with Gasteiger partial charge in [0.25, 0.3) is 0 Å². The van der Waals surface area contributed by atoms with Crippen molar-refractivity contribution >= 4 is 40.5 Å². The summed E-state index contributed by atoms with van der Waals surface area (Å²) in [5, 5.41) is 6.20. The molecule has 0 fully saturated rings. The molecule has 2 aromatic heterocycles. The zero-order valence-electron chi connectivity index (χ0n) is 10.1. The van der Waals surface area contributed by atoms with Crippen LogP contribution in [-0.4, -0.2) is 17.0 Å². The SMILES string of the molecule is CNc1cc(NC(C)c2ccc(Cl)s2)nc(N)n1. The van der Waals surface area contributed by atoms with Crippen LogP contribution in [0.25, 0.3) is 0 Å². The third-order valence-electron chi connectivity index (χ3n) is 2.38. The van der Waals surface area contributed by atoms with E-state index >= 15 is 0 Å². The van der Waals surface area contributed by atoms with Crippen LogP contribution in [0.4, 0.5) is 17.6 Å². The molecule has 7 heteroatoms. The van der Waals surface area contributed by atoms with Gasteiger partial charge in [0.2, 0.25) is 5.95 Å². The van der Waals surface area contributed by atoms with E-state index in [4.69, 9.17) is 17.3 Å². The molecule has 0 aliphatic carbocycles. The number of nitrogens with one attached hydrogen (secondary N) is 2. The Morgan fingerprint density at radius 1 is 1.33 bits per heavy atom. The molecule has 0 bridgehead atoms. The van der Waals surface area contributed by atoms with Gasteiger partial charge in [-0.15, -0.1) is 11.3 Å². The molecule has 0 aliphatic rings. The van der Waals surface area contributed by atoms with Crippen LogP contribution in [0.2, 0.25) is 4.34 Å². The van der Waals surface area contributed by atoms with Gasteiger partial charge in [-0.2, -0.15) is 9.97 Å². The van der Waals surface area contributed by atoms with Crippen LogP contribution in [-0.2, 0) is 0 Å². The molecule has 18 heavy (non-hydrogen) atoms. The summed E-state index contributed by atoms with van der Waals surface area (Å²) < 4.78 is 0.775. The van der Waals surface area contributed by atoms with E-state index in [0.29, 0.717) is 11.6 Å². The smallest absolute Gasteiger partial charge is 0.223 e. The largest absolute Gasteiger partial charge is 0.373 e. The first-order valence-electron chi connectivity index (χ1n) is 5.42. The highest BCUT2D eigenvalue weighted by Gasteiger charge is 2.10. The Morgan fingerprint density at radius 3 is 2.67 bits per heavy atom. The van der Waals surface area contributed by atoms with Crippen molar-refractivity contribution in [2.24, 2.45) is 0 Å². The summed E-state index contributed by atoms with van der Waals surface area (Å²) in [6.07, 6.45) is 0. The van der Waals surface area contributed by atoms with Gasteiger partial charge in [0.1, 0.15) is 11.6 Å². The Kier molecular flexibility index (Phi) is 3.88. The number of thiophene rings is 1. The number of nitrogens with two attached hydrogens (primary N) is 1. The summed E-state index contributed by atoms with van der Waals surface area (Å²) in [5.74, 6) is 1.60. The maximum atomic E-state index is 5.92. The Bertz CT molecular complexity index is 542. The minimum atomic E-state index is 0.113. The molecule has 0 amide bonds. The second kappa shape index (κ2) is 5.41. The third-order valence-corrected chi connectivity index (χ3v) is 3.80. The van der Waals surface area contributed by atoms with E-state index in [1.165, 1.54) is 0 Å². The van der Waals surface area contributed by atoms with Gasteiger partial charge in [0.05, 0.1) is 10.4 Å². The molecule has 5 nitrogen and oxygen atoms in total. The fourth-order valence-electron chi connectivity index (χ4n) is 1.52. The van der Waals surface area contributed by atoms with E-state index in [1.54, 1.807) is 18.4 Å². The lowest BCUT2D eigenvalue weighted by molar-refractivity contribution is 0.895. The van der Waals surface area contributed by atoms with Gasteiger partial charge in [-0.05, 0) is 19.1 Å². The number of anilines is 3. The molecule has 1 unspecified atom stereocenters. The molecule has 0 spiro atoms. The average Bonchev–Trinajstić information content (AvgIpc) is 2.75. The van der Waals surface area contributed by atoms with Gasteiger partial charge < -0.3 is 16.4 Å². The molecule has 0 aromatic carbocycles. The first-order chi connectivity index (χ1) is 8.58. The number of rotatable bonds is 4. The predicted molar refractivity (Wildman–Crippen MR) is 77.4 cm³/mol. The number of aromatic nitrogens is 2. The standard InChI is InChI=1S/C11H14ClN5S/c1-6(7-3-4-8(12)18-7)15-10-5-9(14-2)16-11(13)17-10/h3-6H,1-2H3,(H4,13,14,15,16,17). The Morgan fingerprint density at radius 2 is 2.06 bits per heavy atom. The highest BCUT2D eigenvalue weighted by molar-refractivity contribution is 7.16. The van der Waals surface area contributed by atoms with Crippen molar-refractivity contribution in [3.8, 4) is 0 Å². The Hall–Kier alpha value is -1.53. The molecule has 0 radical (unpaired) electrons. The molecular weight excluding hydrogens is 270 g/mol. The maximum Gasteiger partial charge on any atom is 0.223 e. The van der Waals surface area contributed by atoms with E-state index in [-0.39, 0.29) is 12.0 Å². The van der Waals surface area contributed by atoms with Gasteiger partial charge in [-0.1, -0.05) is 11.6 Å². The van der Waals surface area contributed by atoms with Gasteiger partial charge in [0.15, 0.2) is 0 Å². The van der Waals surface area contributed by atoms with Crippen molar-refractivity contribution in [1.82, 2.24) is 9.97 Å². The predicted octanol–water partition coefficient (Wildman–Crippen LogP) is 2.99. The minimum absolute atomic E-state index is 0.113. The van der Waals surface area contributed by atoms with Crippen LogP contribution in [0.3, 0.4) is 0 Å². The highest BCUT2D eigenvalue weighted by atomic mass is 35.5. The number of hydrogen-bond acceptors (Lipinski definition) is 6. The zero-order chi connectivity index (χ0) is 13.1. The van der Waals surface area contributed by atoms with E-state index in [1.807, 2.05) is 25.1 Å². The summed E-state index contributed by atoms with van der Waals surface area (Å²) in [7, 11) is 1.79. The third kappa shape index (κ3) is 3.02. The molecular formula is C11H14ClN5S. The monoisotopic (exact) mass is 283 g/mol. The van der Waals surface area contributed by atoms with Gasteiger partial charge in [-0.25, -0.2) is 0 Å². The summed E-state index contributed by atoms with van der Waals surface area (Å²) in [6, 6.07) is 5.80. The molecule has 96 valence electrons. The summed E-state index contributed by atoms with van der Waals surface area (Å²) in [5.41, 5.74) is 5.63. The fourth-order valence-corrected chi connectivity index (χ4v) is 2.59. The number of halogens is 1. The number of nitrogens with zero attached hydrogens (tertiary/aromatic N) is 2. The zero-order valence-corrected chi connectivity index (χ0v) is 11.6. The molecule has 0 saturated heterocycles. The van der Waals surface area contributed by atoms with Crippen LogP contribution >= 0.6 is 22.9 Å². The molecule has 2 heterocycles. The number of nitrogen functional groups attached to an aromatic ring is 1. The normalized spacial score (nSPS) is 12.2. The summed E-state index contributed by atoms with van der Waals surface area (Å²) in [4.78, 5) is 9.32. The van der Waals surface area contributed by atoms with Crippen LogP contribution in [0.1, 0.15) is 17.8 Å². The maximum absolute atomic E-state index is 5.92. The minimum Gasteiger partial charge on any atom is -0.373 e. The van der Waals surface area contributed by atoms with E-state index in [2.05, 4.69) is 20.6 Å². The Balaban J connectivity index is 2.16. The van der Waals surface area contributed by atoms with Crippen LogP contribution in [0, 0.1) is 0 Å². The van der Waals surface area contributed by atoms with Crippen LogP contribution < -0.4 is 16.4 Å². The molecule has 2 rings (SSSR count). The second-order valence-corrected chi connectivity index (χ2v) is 5.50. The molecule has 2 aromatic rings. The summed E-state index contributed by atoms with van der Waals surface area (Å²) in [6.45, 7) is 2.04. The lowest BCUT2D eigenvalue weighted by Crippen LogP contribution is -2.09. The quantitative estimate of drug-likeness (QED) is 0.804. The first-order valence-corrected chi connectivity index (χ1v) is 6.62. The molecule has 4 N–H and O–H groups in total. The topological polar surface area (TPSA) is 75.9 Å². The van der Waals surface area contributed by atoms with Crippen LogP contribution in [0.5, 0.6) is 0 Å². The van der Waals surface area contributed by atoms with Crippen molar-refractivity contribution in [2.75, 3.05) is 23.4 Å². The average molecular weight is 284 g/mol. The van der Waals surface area contributed by atoms with Gasteiger partial charge in [0, 0.05) is 18.0 Å². The first kappa shape index (κ1) is 12.9. The Labute approximate surface area is 114 Å². The second-order valence-electron chi connectivity index (χ2n) is 3.75. The fraction of sp³-hybridized carbons (Fsp3) is 0.273. The van der Waals surface area contributed by atoms with Crippen molar-refractivity contribution in [3.05, 3.63) is 27.4 Å². The lowest BCUT2D eigenvalue weighted by atomic mass is 10.3. The molecule has 0 aliphatic heterocycles.